The molecule has 0 aromatic carbocycles. The topological polar surface area (TPSA) is 0 Å². The summed E-state index contributed by atoms with van der Waals surface area (Å²) in [6, 6.07) is 0. The van der Waals surface area contributed by atoms with E-state index < -0.39 is 0 Å². The minimum Gasteiger partial charge on any atom is -0.0958 e. The van der Waals surface area contributed by atoms with Gasteiger partial charge in [-0.3, -0.25) is 0 Å². The van der Waals surface area contributed by atoms with Crippen molar-refractivity contribution in [3.05, 3.63) is 36.5 Å². The fourth-order valence-corrected chi connectivity index (χ4v) is 0.754. The Morgan fingerprint density at radius 1 is 1.30 bits per heavy atom. The van der Waals surface area contributed by atoms with Crippen LogP contribution in [0.15, 0.2) is 36.5 Å². The van der Waals surface area contributed by atoms with E-state index in [1.807, 2.05) is 19.9 Å². The first-order chi connectivity index (χ1) is 4.81. The highest BCUT2D eigenvalue weighted by molar-refractivity contribution is 5.13. The molecule has 0 aliphatic rings. The van der Waals surface area contributed by atoms with E-state index in [1.54, 1.807) is 0 Å². The van der Waals surface area contributed by atoms with Gasteiger partial charge in [-0.15, -0.1) is 0 Å². The second-order valence-corrected chi connectivity index (χ2v) is 2.27. The van der Waals surface area contributed by atoms with Gasteiger partial charge < -0.3 is 0 Å². The van der Waals surface area contributed by atoms with Gasteiger partial charge in [0.2, 0.25) is 0 Å². The molecule has 0 spiro atoms. The molecule has 0 aliphatic carbocycles. The molecule has 0 N–H and O–H groups in total. The highest BCUT2D eigenvalue weighted by atomic mass is 13.9. The second kappa shape index (κ2) is 6.34. The Kier molecular flexibility index (Phi) is 5.85. The molecule has 0 amide bonds. The summed E-state index contributed by atoms with van der Waals surface area (Å²) in [6.07, 6.45) is 10.5. The van der Waals surface area contributed by atoms with Gasteiger partial charge in [-0.1, -0.05) is 36.5 Å². The van der Waals surface area contributed by atoms with E-state index in [0.717, 1.165) is 12.8 Å². The molecule has 0 nitrogen and oxygen atoms in total. The van der Waals surface area contributed by atoms with Gasteiger partial charge >= 0.3 is 0 Å². The van der Waals surface area contributed by atoms with Crippen LogP contribution in [-0.4, -0.2) is 0 Å². The van der Waals surface area contributed by atoms with Crippen LogP contribution in [0.5, 0.6) is 0 Å². The smallest absolute Gasteiger partial charge is 0.0250 e. The lowest BCUT2D eigenvalue weighted by Crippen LogP contribution is -1.73. The first-order valence-corrected chi connectivity index (χ1v) is 3.73. The lowest BCUT2D eigenvalue weighted by Gasteiger charge is -1.93. The van der Waals surface area contributed by atoms with Gasteiger partial charge in [-0.2, -0.15) is 0 Å². The average Bonchev–Trinajstić information content (AvgIpc) is 1.89. The maximum atomic E-state index is 3.90. The zero-order valence-corrected chi connectivity index (χ0v) is 6.93. The summed E-state index contributed by atoms with van der Waals surface area (Å²) in [5.41, 5.74) is 1.21. The number of allylic oxidation sites excluding steroid dienone is 5. The van der Waals surface area contributed by atoms with Gasteiger partial charge in [0.25, 0.3) is 0 Å². The standard InChI is InChI=1S/C10H16/c1-4-6-7-9-10(3)8-5-2/h4-6,8H,3,7,9H2,1-2H3. The van der Waals surface area contributed by atoms with Crippen molar-refractivity contribution in [3.63, 3.8) is 0 Å². The van der Waals surface area contributed by atoms with Crippen LogP contribution in [0.3, 0.4) is 0 Å². The first-order valence-electron chi connectivity index (χ1n) is 3.73. The molecule has 0 aliphatic heterocycles. The molecule has 10 heavy (non-hydrogen) atoms. The fraction of sp³-hybridized carbons (Fsp3) is 0.400. The summed E-state index contributed by atoms with van der Waals surface area (Å²) in [4.78, 5) is 0. The van der Waals surface area contributed by atoms with E-state index in [9.17, 15) is 0 Å². The maximum Gasteiger partial charge on any atom is -0.0250 e. The molecular formula is C10H16. The molecule has 0 saturated carbocycles. The van der Waals surface area contributed by atoms with Gasteiger partial charge in [-0.05, 0) is 26.7 Å². The molecule has 0 bridgehead atoms. The number of hydrogen-bond acceptors (Lipinski definition) is 0. The van der Waals surface area contributed by atoms with Crippen LogP contribution in [0.4, 0.5) is 0 Å². The summed E-state index contributed by atoms with van der Waals surface area (Å²) in [7, 11) is 0. The number of rotatable bonds is 4. The summed E-state index contributed by atoms with van der Waals surface area (Å²) in [5, 5.41) is 0. The zero-order chi connectivity index (χ0) is 7.82. The fourth-order valence-electron chi connectivity index (χ4n) is 0.754. The monoisotopic (exact) mass is 136 g/mol. The van der Waals surface area contributed by atoms with Crippen LogP contribution in [0, 0.1) is 0 Å². The average molecular weight is 136 g/mol. The van der Waals surface area contributed by atoms with Crippen molar-refractivity contribution < 1.29 is 0 Å². The Balaban J connectivity index is 3.40. The molecule has 0 aromatic heterocycles. The third-order valence-electron chi connectivity index (χ3n) is 1.27. The maximum absolute atomic E-state index is 3.90. The van der Waals surface area contributed by atoms with E-state index in [-0.39, 0.29) is 0 Å². The molecule has 0 heterocycles. The van der Waals surface area contributed by atoms with Crippen LogP contribution in [0.25, 0.3) is 0 Å². The molecule has 0 rings (SSSR count). The highest BCUT2D eigenvalue weighted by Gasteiger charge is 1.83. The summed E-state index contributed by atoms with van der Waals surface area (Å²) in [6.45, 7) is 7.95. The summed E-state index contributed by atoms with van der Waals surface area (Å²) in [5.74, 6) is 0. The highest BCUT2D eigenvalue weighted by Crippen LogP contribution is 2.03. The third kappa shape index (κ3) is 5.36. The van der Waals surface area contributed by atoms with E-state index in [1.165, 1.54) is 5.57 Å². The number of hydrogen-bond donors (Lipinski definition) is 0. The van der Waals surface area contributed by atoms with Gasteiger partial charge in [0, 0.05) is 0 Å². The lowest BCUT2D eigenvalue weighted by atomic mass is 10.1. The van der Waals surface area contributed by atoms with Crippen molar-refractivity contribution >= 4 is 0 Å². The van der Waals surface area contributed by atoms with Crippen LogP contribution >= 0.6 is 0 Å². The quantitative estimate of drug-likeness (QED) is 0.410. The van der Waals surface area contributed by atoms with Crippen molar-refractivity contribution in [1.29, 1.82) is 0 Å². The normalized spacial score (nSPS) is 11.4. The molecule has 0 aromatic rings. The third-order valence-corrected chi connectivity index (χ3v) is 1.27. The largest absolute Gasteiger partial charge is 0.0958 e. The molecule has 0 radical (unpaired) electrons. The molecule has 56 valence electrons. The predicted octanol–water partition coefficient (Wildman–Crippen LogP) is 3.48. The molecule has 0 fully saturated rings. The predicted molar refractivity (Wildman–Crippen MR) is 48.0 cm³/mol. The Morgan fingerprint density at radius 2 is 2.00 bits per heavy atom. The Hall–Kier alpha value is -0.780. The van der Waals surface area contributed by atoms with Crippen LogP contribution < -0.4 is 0 Å². The van der Waals surface area contributed by atoms with E-state index in [2.05, 4.69) is 24.8 Å². The first kappa shape index (κ1) is 9.22. The Labute approximate surface area is 64.0 Å². The minimum atomic E-state index is 1.08. The van der Waals surface area contributed by atoms with Crippen molar-refractivity contribution in [2.75, 3.05) is 0 Å². The van der Waals surface area contributed by atoms with Crippen molar-refractivity contribution in [2.45, 2.75) is 26.7 Å². The van der Waals surface area contributed by atoms with E-state index >= 15 is 0 Å². The van der Waals surface area contributed by atoms with E-state index in [4.69, 9.17) is 0 Å². The van der Waals surface area contributed by atoms with Crippen molar-refractivity contribution in [3.8, 4) is 0 Å². The zero-order valence-electron chi connectivity index (χ0n) is 6.93. The SMILES string of the molecule is C=C(C=CC)CCC=CC. The molecule has 0 saturated heterocycles. The van der Waals surface area contributed by atoms with Gasteiger partial charge in [0.1, 0.15) is 0 Å². The molecule has 0 unspecified atom stereocenters. The Morgan fingerprint density at radius 3 is 2.50 bits per heavy atom. The summed E-state index contributed by atoms with van der Waals surface area (Å²) < 4.78 is 0. The van der Waals surface area contributed by atoms with E-state index in [0.29, 0.717) is 0 Å². The molecule has 0 heteroatoms. The Bertz CT molecular complexity index is 138. The molecule has 0 atom stereocenters. The second-order valence-electron chi connectivity index (χ2n) is 2.27. The van der Waals surface area contributed by atoms with Crippen molar-refractivity contribution in [1.82, 2.24) is 0 Å². The minimum absolute atomic E-state index is 1.08. The molecular weight excluding hydrogens is 120 g/mol. The van der Waals surface area contributed by atoms with Crippen LogP contribution in [0.1, 0.15) is 26.7 Å². The van der Waals surface area contributed by atoms with Gasteiger partial charge in [0.15, 0.2) is 0 Å². The van der Waals surface area contributed by atoms with Crippen LogP contribution in [0.2, 0.25) is 0 Å². The van der Waals surface area contributed by atoms with Crippen molar-refractivity contribution in [2.24, 2.45) is 0 Å². The lowest BCUT2D eigenvalue weighted by molar-refractivity contribution is 1.01. The van der Waals surface area contributed by atoms with Gasteiger partial charge in [0.05, 0.1) is 0 Å². The van der Waals surface area contributed by atoms with Gasteiger partial charge in [-0.25, -0.2) is 0 Å². The van der Waals surface area contributed by atoms with Crippen LogP contribution in [-0.2, 0) is 0 Å². The summed E-state index contributed by atoms with van der Waals surface area (Å²) >= 11 is 0.